The summed E-state index contributed by atoms with van der Waals surface area (Å²) < 4.78 is 4.74. The van der Waals surface area contributed by atoms with Crippen molar-refractivity contribution in [2.75, 3.05) is 12.1 Å². The van der Waals surface area contributed by atoms with Crippen LogP contribution in [0.2, 0.25) is 0 Å². The molecule has 0 aliphatic rings. The zero-order valence-electron chi connectivity index (χ0n) is 13.9. The summed E-state index contributed by atoms with van der Waals surface area (Å²) in [6, 6.07) is 12.5. The standard InChI is InChI=1S/C17H16N6O3/c1-26-15(24)12-8-5-9-19-13(12)14-20-16(22-17(25)21-14)23(18)10-11-6-3-2-4-7-11/h2-9H,10,18H2,1H3,(H,20,21,22,25). The summed E-state index contributed by atoms with van der Waals surface area (Å²) in [4.78, 5) is 38.5. The number of hydrogen-bond acceptors (Lipinski definition) is 8. The molecule has 0 bridgehead atoms. The monoisotopic (exact) mass is 352 g/mol. The lowest BCUT2D eigenvalue weighted by Gasteiger charge is -2.16. The van der Waals surface area contributed by atoms with Gasteiger partial charge in [0, 0.05) is 6.20 Å². The summed E-state index contributed by atoms with van der Waals surface area (Å²) in [5.74, 6) is 5.50. The Kier molecular flexibility index (Phi) is 4.99. The van der Waals surface area contributed by atoms with Gasteiger partial charge in [0.05, 0.1) is 19.2 Å². The second-order valence-corrected chi connectivity index (χ2v) is 5.31. The lowest BCUT2D eigenvalue weighted by Crippen LogP contribution is -2.34. The molecule has 2 heterocycles. The van der Waals surface area contributed by atoms with Crippen molar-refractivity contribution in [2.24, 2.45) is 5.84 Å². The normalized spacial score (nSPS) is 10.4. The van der Waals surface area contributed by atoms with Gasteiger partial charge >= 0.3 is 11.7 Å². The highest BCUT2D eigenvalue weighted by atomic mass is 16.5. The number of carbonyl (C=O) groups is 1. The van der Waals surface area contributed by atoms with Crippen LogP contribution in [0.4, 0.5) is 5.95 Å². The third kappa shape index (κ3) is 3.73. The number of H-pyrrole nitrogens is 1. The smallest absolute Gasteiger partial charge is 0.349 e. The zero-order chi connectivity index (χ0) is 18.5. The molecule has 3 N–H and O–H groups in total. The molecule has 3 aromatic rings. The average molecular weight is 352 g/mol. The van der Waals surface area contributed by atoms with Crippen LogP contribution in [-0.4, -0.2) is 33.0 Å². The van der Waals surface area contributed by atoms with Crippen LogP contribution in [-0.2, 0) is 11.3 Å². The predicted octanol–water partition coefficient (Wildman–Crippen LogP) is 0.894. The Morgan fingerprint density at radius 2 is 1.96 bits per heavy atom. The Morgan fingerprint density at radius 3 is 2.69 bits per heavy atom. The number of benzene rings is 1. The number of anilines is 1. The van der Waals surface area contributed by atoms with Gasteiger partial charge in [-0.1, -0.05) is 30.3 Å². The van der Waals surface area contributed by atoms with Crippen molar-refractivity contribution in [1.29, 1.82) is 0 Å². The van der Waals surface area contributed by atoms with Crippen molar-refractivity contribution < 1.29 is 9.53 Å². The first-order valence-electron chi connectivity index (χ1n) is 7.66. The van der Waals surface area contributed by atoms with Crippen molar-refractivity contribution in [2.45, 2.75) is 6.54 Å². The van der Waals surface area contributed by atoms with E-state index in [0.717, 1.165) is 5.56 Å². The van der Waals surface area contributed by atoms with E-state index in [0.29, 0.717) is 6.54 Å². The molecule has 0 amide bonds. The summed E-state index contributed by atoms with van der Waals surface area (Å²) in [6.45, 7) is 0.301. The first-order chi connectivity index (χ1) is 12.6. The van der Waals surface area contributed by atoms with Gasteiger partial charge in [-0.05, 0) is 17.7 Å². The molecule has 9 heteroatoms. The minimum absolute atomic E-state index is 0.00840. The summed E-state index contributed by atoms with van der Waals surface area (Å²) in [7, 11) is 1.26. The van der Waals surface area contributed by atoms with Gasteiger partial charge in [-0.2, -0.15) is 9.97 Å². The van der Waals surface area contributed by atoms with Gasteiger partial charge in [-0.15, -0.1) is 0 Å². The van der Waals surface area contributed by atoms with Crippen LogP contribution >= 0.6 is 0 Å². The van der Waals surface area contributed by atoms with Crippen LogP contribution < -0.4 is 16.5 Å². The number of aromatic amines is 1. The molecule has 1 aromatic carbocycles. The van der Waals surface area contributed by atoms with Crippen LogP contribution in [0.15, 0.2) is 53.5 Å². The van der Waals surface area contributed by atoms with Crippen LogP contribution in [0, 0.1) is 0 Å². The molecule has 0 aliphatic carbocycles. The second kappa shape index (κ2) is 7.53. The molecule has 0 spiro atoms. The minimum atomic E-state index is -0.657. The van der Waals surface area contributed by atoms with E-state index in [2.05, 4.69) is 19.9 Å². The van der Waals surface area contributed by atoms with Gasteiger partial charge in [0.25, 0.3) is 0 Å². The number of nitrogens with two attached hydrogens (primary N) is 1. The fourth-order valence-electron chi connectivity index (χ4n) is 2.33. The number of aromatic nitrogens is 4. The average Bonchev–Trinajstić information content (AvgIpc) is 2.67. The highest BCUT2D eigenvalue weighted by Crippen LogP contribution is 2.18. The molecule has 0 aliphatic heterocycles. The summed E-state index contributed by atoms with van der Waals surface area (Å²) in [5.41, 5.74) is 0.610. The topological polar surface area (TPSA) is 127 Å². The van der Waals surface area contributed by atoms with E-state index < -0.39 is 11.7 Å². The summed E-state index contributed by atoms with van der Waals surface area (Å²) in [5, 5.41) is 1.24. The van der Waals surface area contributed by atoms with Crippen LogP contribution in [0.5, 0.6) is 0 Å². The molecular weight excluding hydrogens is 336 g/mol. The van der Waals surface area contributed by atoms with E-state index in [9.17, 15) is 9.59 Å². The van der Waals surface area contributed by atoms with E-state index in [-0.39, 0.29) is 23.0 Å². The van der Waals surface area contributed by atoms with Crippen molar-refractivity contribution in [3.63, 3.8) is 0 Å². The molecule has 0 fully saturated rings. The van der Waals surface area contributed by atoms with Crippen LogP contribution in [0.25, 0.3) is 11.5 Å². The lowest BCUT2D eigenvalue weighted by molar-refractivity contribution is 0.0601. The first kappa shape index (κ1) is 17.2. The highest BCUT2D eigenvalue weighted by molar-refractivity contribution is 5.95. The molecule has 2 aromatic heterocycles. The first-order valence-corrected chi connectivity index (χ1v) is 7.66. The van der Waals surface area contributed by atoms with Crippen molar-refractivity contribution in [3.05, 3.63) is 70.3 Å². The largest absolute Gasteiger partial charge is 0.465 e. The van der Waals surface area contributed by atoms with Crippen LogP contribution in [0.3, 0.4) is 0 Å². The number of pyridine rings is 1. The minimum Gasteiger partial charge on any atom is -0.465 e. The van der Waals surface area contributed by atoms with Gasteiger partial charge in [0.2, 0.25) is 5.95 Å². The molecule has 9 nitrogen and oxygen atoms in total. The van der Waals surface area contributed by atoms with E-state index in [4.69, 9.17) is 10.6 Å². The van der Waals surface area contributed by atoms with Gasteiger partial charge < -0.3 is 4.74 Å². The number of methoxy groups -OCH3 is 1. The molecule has 26 heavy (non-hydrogen) atoms. The molecule has 0 unspecified atom stereocenters. The van der Waals surface area contributed by atoms with Crippen LogP contribution in [0.1, 0.15) is 15.9 Å². The SMILES string of the molecule is COC(=O)c1cccnc1-c1nc(N(N)Cc2ccccc2)nc(=O)[nH]1. The van der Waals surface area contributed by atoms with E-state index >= 15 is 0 Å². The second-order valence-electron chi connectivity index (χ2n) is 5.31. The summed E-state index contributed by atoms with van der Waals surface area (Å²) in [6.07, 6.45) is 1.48. The van der Waals surface area contributed by atoms with Crippen molar-refractivity contribution >= 4 is 11.9 Å². The number of ether oxygens (including phenoxy) is 1. The number of hydrazine groups is 1. The molecule has 0 atom stereocenters. The van der Waals surface area contributed by atoms with Gasteiger partial charge in [-0.3, -0.25) is 15.0 Å². The maximum absolute atomic E-state index is 12.0. The third-order valence-electron chi connectivity index (χ3n) is 3.53. The van der Waals surface area contributed by atoms with E-state index in [1.54, 1.807) is 6.07 Å². The number of hydrogen-bond donors (Lipinski definition) is 2. The maximum atomic E-state index is 12.0. The van der Waals surface area contributed by atoms with Gasteiger partial charge in [0.1, 0.15) is 5.69 Å². The number of carbonyl (C=O) groups excluding carboxylic acids is 1. The Morgan fingerprint density at radius 1 is 1.19 bits per heavy atom. The lowest BCUT2D eigenvalue weighted by atomic mass is 10.2. The fraction of sp³-hybridized carbons (Fsp3) is 0.118. The quantitative estimate of drug-likeness (QED) is 0.394. The molecule has 132 valence electrons. The number of rotatable bonds is 5. The Labute approximate surface area is 148 Å². The molecular formula is C17H16N6O3. The Bertz CT molecular complexity index is 973. The van der Waals surface area contributed by atoms with E-state index in [1.165, 1.54) is 24.4 Å². The highest BCUT2D eigenvalue weighted by Gasteiger charge is 2.18. The Balaban J connectivity index is 1.99. The van der Waals surface area contributed by atoms with E-state index in [1.807, 2.05) is 30.3 Å². The molecule has 0 saturated carbocycles. The Hall–Kier alpha value is -3.59. The van der Waals surface area contributed by atoms with Crippen molar-refractivity contribution in [1.82, 2.24) is 19.9 Å². The number of esters is 1. The molecule has 0 radical (unpaired) electrons. The van der Waals surface area contributed by atoms with Gasteiger partial charge in [0.15, 0.2) is 5.82 Å². The summed E-state index contributed by atoms with van der Waals surface area (Å²) >= 11 is 0. The third-order valence-corrected chi connectivity index (χ3v) is 3.53. The van der Waals surface area contributed by atoms with Crippen molar-refractivity contribution in [3.8, 4) is 11.5 Å². The van der Waals surface area contributed by atoms with Gasteiger partial charge in [-0.25, -0.2) is 15.4 Å². The predicted molar refractivity (Wildman–Crippen MR) is 94.0 cm³/mol. The molecule has 0 saturated heterocycles. The molecule has 3 rings (SSSR count). The fourth-order valence-corrected chi connectivity index (χ4v) is 2.33. The number of nitrogens with zero attached hydrogens (tertiary/aromatic N) is 4. The zero-order valence-corrected chi connectivity index (χ0v) is 13.9. The number of nitrogens with one attached hydrogen (secondary N) is 1. The maximum Gasteiger partial charge on any atom is 0.349 e.